The van der Waals surface area contributed by atoms with E-state index in [-0.39, 0.29) is 11.3 Å². The van der Waals surface area contributed by atoms with Gasteiger partial charge in [0, 0.05) is 22.7 Å². The molecule has 2 aliphatic rings. The van der Waals surface area contributed by atoms with Crippen molar-refractivity contribution >= 4 is 0 Å². The summed E-state index contributed by atoms with van der Waals surface area (Å²) in [6.07, 6.45) is -0.608. The van der Waals surface area contributed by atoms with Gasteiger partial charge in [-0.1, -0.05) is 52.7 Å². The first-order valence-corrected chi connectivity index (χ1v) is 12.0. The van der Waals surface area contributed by atoms with E-state index in [4.69, 9.17) is 4.98 Å². The number of benzene rings is 1. The number of nitrogens with zero attached hydrogens (tertiary/aromatic N) is 1. The molecule has 2 aliphatic carbocycles. The molecule has 1 heterocycles. The predicted molar refractivity (Wildman–Crippen MR) is 124 cm³/mol. The summed E-state index contributed by atoms with van der Waals surface area (Å²) < 4.78 is 38.9. The van der Waals surface area contributed by atoms with Gasteiger partial charge in [-0.25, -0.2) is 0 Å². The van der Waals surface area contributed by atoms with Crippen LogP contribution in [0.1, 0.15) is 117 Å². The molecule has 2 N–H and O–H groups in total. The van der Waals surface area contributed by atoms with Crippen LogP contribution in [0.4, 0.5) is 13.2 Å². The monoisotopic (exact) mass is 463 g/mol. The minimum atomic E-state index is -4.42. The van der Waals surface area contributed by atoms with Gasteiger partial charge < -0.3 is 10.2 Å². The highest BCUT2D eigenvalue weighted by atomic mass is 19.4. The molecule has 33 heavy (non-hydrogen) atoms. The molecule has 1 unspecified atom stereocenters. The molecule has 4 rings (SSSR count). The van der Waals surface area contributed by atoms with Crippen molar-refractivity contribution < 1.29 is 23.4 Å². The summed E-state index contributed by atoms with van der Waals surface area (Å²) in [6, 6.07) is 4.69. The zero-order valence-corrected chi connectivity index (χ0v) is 20.3. The van der Waals surface area contributed by atoms with Crippen LogP contribution in [0, 0.1) is 12.3 Å². The average molecular weight is 464 g/mol. The fourth-order valence-electron chi connectivity index (χ4n) is 5.42. The van der Waals surface area contributed by atoms with Gasteiger partial charge >= 0.3 is 6.18 Å². The van der Waals surface area contributed by atoms with Gasteiger partial charge in [0.15, 0.2) is 0 Å². The Morgan fingerprint density at radius 3 is 2.18 bits per heavy atom. The van der Waals surface area contributed by atoms with Gasteiger partial charge in [0.2, 0.25) is 0 Å². The molecule has 6 heteroatoms. The van der Waals surface area contributed by atoms with Crippen molar-refractivity contribution in [2.75, 3.05) is 0 Å². The van der Waals surface area contributed by atoms with E-state index < -0.39 is 23.9 Å². The molecule has 0 aliphatic heterocycles. The molecular weight excluding hydrogens is 427 g/mol. The molecule has 1 saturated carbocycles. The van der Waals surface area contributed by atoms with Crippen LogP contribution in [0.2, 0.25) is 0 Å². The number of pyridine rings is 1. The maximum Gasteiger partial charge on any atom is 0.416 e. The molecule has 0 spiro atoms. The van der Waals surface area contributed by atoms with Crippen LogP contribution in [0.15, 0.2) is 24.3 Å². The summed E-state index contributed by atoms with van der Waals surface area (Å²) in [7, 11) is 0. The Morgan fingerprint density at radius 1 is 1.06 bits per heavy atom. The van der Waals surface area contributed by atoms with Gasteiger partial charge in [0.25, 0.3) is 0 Å². The predicted octanol–water partition coefficient (Wildman–Crippen LogP) is 7.18. The van der Waals surface area contributed by atoms with Crippen LogP contribution in [-0.4, -0.2) is 15.2 Å². The maximum absolute atomic E-state index is 13.0. The topological polar surface area (TPSA) is 53.4 Å². The van der Waals surface area contributed by atoms with Crippen molar-refractivity contribution in [1.82, 2.24) is 4.98 Å². The van der Waals surface area contributed by atoms with Crippen LogP contribution in [0.3, 0.4) is 0 Å². The molecule has 1 aromatic carbocycles. The van der Waals surface area contributed by atoms with Gasteiger partial charge in [-0.2, -0.15) is 13.2 Å². The Kier molecular flexibility index (Phi) is 7.59. The van der Waals surface area contributed by atoms with Gasteiger partial charge in [-0.05, 0) is 61.3 Å². The molecule has 0 bridgehead atoms. The lowest BCUT2D eigenvalue weighted by Crippen LogP contribution is -2.29. The lowest BCUT2D eigenvalue weighted by atomic mass is 9.72. The van der Waals surface area contributed by atoms with E-state index in [1.54, 1.807) is 0 Å². The van der Waals surface area contributed by atoms with Crippen molar-refractivity contribution in [2.45, 2.75) is 97.4 Å². The standard InChI is InChI=1S/C25H30F3NO2.C2H6/c1-14-20-18(12-24(2,3)13-19(20)30)29-22(15-6-4-5-7-15)21(14)23(31)16-8-10-17(11-9-16)25(26,27)28;1-2/h8-11,15,19,23,30-31H,4-7,12-13H2,1-3H3;1-2H3/t19?,23-;/m0./s1. The molecule has 182 valence electrons. The van der Waals surface area contributed by atoms with Crippen LogP contribution < -0.4 is 0 Å². The third-order valence-corrected chi connectivity index (χ3v) is 6.94. The molecule has 3 nitrogen and oxygen atoms in total. The Morgan fingerprint density at radius 2 is 1.64 bits per heavy atom. The fraction of sp³-hybridized carbons (Fsp3) is 0.593. The summed E-state index contributed by atoms with van der Waals surface area (Å²) in [5, 5.41) is 22.2. The van der Waals surface area contributed by atoms with E-state index in [1.165, 1.54) is 12.1 Å². The maximum atomic E-state index is 13.0. The van der Waals surface area contributed by atoms with E-state index >= 15 is 0 Å². The van der Waals surface area contributed by atoms with E-state index in [0.717, 1.165) is 66.8 Å². The fourth-order valence-corrected chi connectivity index (χ4v) is 5.42. The molecule has 1 aromatic heterocycles. The normalized spacial score (nSPS) is 21.2. The largest absolute Gasteiger partial charge is 0.416 e. The van der Waals surface area contributed by atoms with Gasteiger partial charge in [0.1, 0.15) is 6.10 Å². The van der Waals surface area contributed by atoms with Crippen LogP contribution >= 0.6 is 0 Å². The molecule has 0 saturated heterocycles. The summed E-state index contributed by atoms with van der Waals surface area (Å²) >= 11 is 0. The Bertz CT molecular complexity index is 961. The molecule has 0 amide bonds. The lowest BCUT2D eigenvalue weighted by Gasteiger charge is -2.37. The smallest absolute Gasteiger partial charge is 0.388 e. The highest BCUT2D eigenvalue weighted by Crippen LogP contribution is 2.46. The second-order valence-corrected chi connectivity index (χ2v) is 9.96. The van der Waals surface area contributed by atoms with Crippen molar-refractivity contribution in [1.29, 1.82) is 0 Å². The van der Waals surface area contributed by atoms with Gasteiger partial charge in [-0.15, -0.1) is 0 Å². The Hall–Kier alpha value is -1.92. The zero-order chi connectivity index (χ0) is 24.6. The van der Waals surface area contributed by atoms with Crippen LogP contribution in [0.5, 0.6) is 0 Å². The average Bonchev–Trinajstić information content (AvgIpc) is 3.27. The molecule has 0 radical (unpaired) electrons. The Labute approximate surface area is 195 Å². The number of hydrogen-bond donors (Lipinski definition) is 2. The number of fused-ring (bicyclic) bond motifs is 1. The van der Waals surface area contributed by atoms with E-state index in [2.05, 4.69) is 13.8 Å². The second kappa shape index (κ2) is 9.75. The van der Waals surface area contributed by atoms with E-state index in [1.807, 2.05) is 20.8 Å². The quantitative estimate of drug-likeness (QED) is 0.507. The summed E-state index contributed by atoms with van der Waals surface area (Å²) in [5.41, 5.74) is 3.61. The highest BCUT2D eigenvalue weighted by molar-refractivity contribution is 5.48. The Balaban J connectivity index is 0.00000149. The third-order valence-electron chi connectivity index (χ3n) is 6.94. The summed E-state index contributed by atoms with van der Waals surface area (Å²) in [6.45, 7) is 10.1. The number of aliphatic hydroxyl groups is 2. The van der Waals surface area contributed by atoms with Gasteiger partial charge in [-0.3, -0.25) is 4.98 Å². The highest BCUT2D eigenvalue weighted by Gasteiger charge is 2.37. The lowest BCUT2D eigenvalue weighted by molar-refractivity contribution is -0.137. The molecule has 1 fully saturated rings. The number of halogens is 3. The SMILES string of the molecule is CC.Cc1c2c(nc(C3CCCC3)c1[C@@H](O)c1ccc(C(F)(F)F)cc1)CC(C)(C)CC2O. The molecule has 2 atom stereocenters. The van der Waals surface area contributed by atoms with Crippen molar-refractivity contribution in [3.05, 3.63) is 63.5 Å². The zero-order valence-electron chi connectivity index (χ0n) is 20.3. The minimum Gasteiger partial charge on any atom is -0.388 e. The van der Waals surface area contributed by atoms with Crippen molar-refractivity contribution in [2.24, 2.45) is 5.41 Å². The van der Waals surface area contributed by atoms with Crippen LogP contribution in [0.25, 0.3) is 0 Å². The first-order valence-electron chi connectivity index (χ1n) is 12.0. The van der Waals surface area contributed by atoms with Gasteiger partial charge in [0.05, 0.1) is 17.4 Å². The summed E-state index contributed by atoms with van der Waals surface area (Å²) in [5.74, 6) is 0.227. The number of rotatable bonds is 3. The summed E-state index contributed by atoms with van der Waals surface area (Å²) in [4.78, 5) is 5.01. The molecular formula is C27H36F3NO2. The van der Waals surface area contributed by atoms with Crippen molar-refractivity contribution in [3.63, 3.8) is 0 Å². The first-order chi connectivity index (χ1) is 15.5. The number of aliphatic hydroxyl groups excluding tert-OH is 2. The van der Waals surface area contributed by atoms with Crippen LogP contribution in [-0.2, 0) is 12.6 Å². The van der Waals surface area contributed by atoms with E-state index in [9.17, 15) is 23.4 Å². The third kappa shape index (κ3) is 5.27. The first kappa shape index (κ1) is 25.7. The second-order valence-electron chi connectivity index (χ2n) is 9.96. The minimum absolute atomic E-state index is 0.0631. The molecule has 2 aromatic rings. The number of hydrogen-bond acceptors (Lipinski definition) is 3. The van der Waals surface area contributed by atoms with E-state index in [0.29, 0.717) is 17.5 Å². The van der Waals surface area contributed by atoms with Crippen molar-refractivity contribution in [3.8, 4) is 0 Å². The number of aromatic nitrogens is 1. The number of alkyl halides is 3.